The summed E-state index contributed by atoms with van der Waals surface area (Å²) in [5.74, 6) is -0.125. The van der Waals surface area contributed by atoms with Crippen molar-refractivity contribution in [3.63, 3.8) is 0 Å². The van der Waals surface area contributed by atoms with Gasteiger partial charge in [0.05, 0.1) is 18.1 Å². The fourth-order valence-electron chi connectivity index (χ4n) is 5.23. The van der Waals surface area contributed by atoms with E-state index in [4.69, 9.17) is 4.74 Å². The summed E-state index contributed by atoms with van der Waals surface area (Å²) >= 11 is 0. The molecule has 4 nitrogen and oxygen atoms in total. The summed E-state index contributed by atoms with van der Waals surface area (Å²) in [7, 11) is 1.38. The first-order valence-corrected chi connectivity index (χ1v) is 10.5. The number of aliphatic carboxylic acids is 1. The van der Waals surface area contributed by atoms with E-state index in [2.05, 4.69) is 0 Å². The van der Waals surface area contributed by atoms with Gasteiger partial charge in [-0.1, -0.05) is 57.1 Å². The van der Waals surface area contributed by atoms with Crippen molar-refractivity contribution >= 4 is 11.9 Å². The Bertz CT molecular complexity index is 645. The highest BCUT2D eigenvalue weighted by Gasteiger charge is 2.43. The molecule has 1 aromatic carbocycles. The van der Waals surface area contributed by atoms with Crippen LogP contribution in [0.4, 0.5) is 0 Å². The van der Waals surface area contributed by atoms with Crippen LogP contribution in [0.5, 0.6) is 0 Å². The molecular weight excluding hydrogens is 340 g/mol. The third-order valence-electron chi connectivity index (χ3n) is 6.76. The zero-order valence-electron chi connectivity index (χ0n) is 16.4. The average Bonchev–Trinajstić information content (AvgIpc) is 2.92. The highest BCUT2D eigenvalue weighted by Crippen LogP contribution is 2.48. The van der Waals surface area contributed by atoms with E-state index >= 15 is 0 Å². The minimum Gasteiger partial charge on any atom is -0.481 e. The van der Waals surface area contributed by atoms with Crippen molar-refractivity contribution in [2.24, 2.45) is 11.3 Å². The van der Waals surface area contributed by atoms with Gasteiger partial charge in [0, 0.05) is 0 Å². The Balaban J connectivity index is 1.79. The minimum atomic E-state index is -0.605. The molecule has 0 bridgehead atoms. The number of carbonyl (C=O) groups excluding carboxylic acids is 1. The molecule has 0 spiro atoms. The van der Waals surface area contributed by atoms with Crippen LogP contribution in [0.15, 0.2) is 24.3 Å². The first kappa shape index (κ1) is 19.9. The van der Waals surface area contributed by atoms with Crippen LogP contribution >= 0.6 is 0 Å². The van der Waals surface area contributed by atoms with Crippen molar-refractivity contribution < 1.29 is 19.4 Å². The van der Waals surface area contributed by atoms with E-state index < -0.39 is 11.4 Å². The van der Waals surface area contributed by atoms with Gasteiger partial charge in [0.15, 0.2) is 0 Å². The number of methoxy groups -OCH3 is 1. The summed E-state index contributed by atoms with van der Waals surface area (Å²) in [4.78, 5) is 24.1. The molecule has 2 aliphatic carbocycles. The van der Waals surface area contributed by atoms with Gasteiger partial charge in [0.25, 0.3) is 0 Å². The summed E-state index contributed by atoms with van der Waals surface area (Å²) in [5.41, 5.74) is 1.10. The lowest BCUT2D eigenvalue weighted by atomic mass is 9.68. The minimum absolute atomic E-state index is 0.249. The van der Waals surface area contributed by atoms with Crippen molar-refractivity contribution in [1.82, 2.24) is 0 Å². The number of carbonyl (C=O) groups is 2. The van der Waals surface area contributed by atoms with Crippen molar-refractivity contribution in [2.45, 2.75) is 76.5 Å². The van der Waals surface area contributed by atoms with Crippen LogP contribution < -0.4 is 0 Å². The van der Waals surface area contributed by atoms with Gasteiger partial charge < -0.3 is 9.84 Å². The molecule has 0 aromatic heterocycles. The van der Waals surface area contributed by atoms with Crippen LogP contribution in [0.25, 0.3) is 0 Å². The number of ether oxygens (including phenoxy) is 1. The fraction of sp³-hybridized carbons (Fsp3) is 0.652. The first-order valence-electron chi connectivity index (χ1n) is 10.5. The van der Waals surface area contributed by atoms with Gasteiger partial charge in [-0.15, -0.1) is 0 Å². The lowest BCUT2D eigenvalue weighted by Crippen LogP contribution is -2.34. The molecule has 1 aromatic rings. The maximum atomic E-state index is 12.4. The molecule has 3 rings (SSSR count). The highest BCUT2D eigenvalue weighted by molar-refractivity contribution is 5.89. The molecule has 0 amide bonds. The summed E-state index contributed by atoms with van der Waals surface area (Å²) in [6.45, 7) is 0. The summed E-state index contributed by atoms with van der Waals surface area (Å²) in [6.07, 6.45) is 11.6. The number of hydrogen-bond acceptors (Lipinski definition) is 3. The van der Waals surface area contributed by atoms with Gasteiger partial charge in [-0.3, -0.25) is 4.79 Å². The average molecular weight is 373 g/mol. The maximum absolute atomic E-state index is 12.4. The highest BCUT2D eigenvalue weighted by atomic mass is 16.5. The van der Waals surface area contributed by atoms with Crippen LogP contribution in [0.1, 0.15) is 92.5 Å². The maximum Gasteiger partial charge on any atom is 0.337 e. The van der Waals surface area contributed by atoms with E-state index in [1.165, 1.54) is 39.2 Å². The molecular formula is C23H32O4. The third-order valence-corrected chi connectivity index (χ3v) is 6.76. The van der Waals surface area contributed by atoms with Crippen LogP contribution in [-0.2, 0) is 9.53 Å². The lowest BCUT2D eigenvalue weighted by Gasteiger charge is -2.35. The second kappa shape index (κ2) is 8.90. The first-order chi connectivity index (χ1) is 13.0. The van der Waals surface area contributed by atoms with Crippen molar-refractivity contribution in [1.29, 1.82) is 0 Å². The van der Waals surface area contributed by atoms with Gasteiger partial charge in [-0.2, -0.15) is 0 Å². The summed E-state index contributed by atoms with van der Waals surface area (Å²) in [6, 6.07) is 7.57. The predicted molar refractivity (Wildman–Crippen MR) is 105 cm³/mol. The van der Waals surface area contributed by atoms with Gasteiger partial charge in [-0.05, 0) is 55.2 Å². The van der Waals surface area contributed by atoms with E-state index in [9.17, 15) is 14.7 Å². The topological polar surface area (TPSA) is 63.6 Å². The Labute approximate surface area is 162 Å². The van der Waals surface area contributed by atoms with Crippen molar-refractivity contribution in [2.75, 3.05) is 7.11 Å². The molecule has 4 heteroatoms. The second-order valence-corrected chi connectivity index (χ2v) is 8.55. The van der Waals surface area contributed by atoms with E-state index in [0.29, 0.717) is 11.5 Å². The van der Waals surface area contributed by atoms with Gasteiger partial charge in [0.2, 0.25) is 0 Å². The van der Waals surface area contributed by atoms with E-state index in [1.54, 1.807) is 12.1 Å². The number of benzene rings is 1. The molecule has 1 N–H and O–H groups in total. The molecule has 0 aliphatic heterocycles. The normalized spacial score (nSPS) is 26.9. The zero-order chi connectivity index (χ0) is 19.3. The number of rotatable bonds is 5. The SMILES string of the molecule is COC(=O)c1ccc(C2CCCCC(CC3CCCCC3)(C(=O)O)C2)cc1. The molecule has 27 heavy (non-hydrogen) atoms. The van der Waals surface area contributed by atoms with E-state index in [1.807, 2.05) is 12.1 Å². The molecule has 2 fully saturated rings. The Kier molecular flexibility index (Phi) is 6.56. The Hall–Kier alpha value is -1.84. The molecule has 2 atom stereocenters. The Morgan fingerprint density at radius 2 is 1.70 bits per heavy atom. The summed E-state index contributed by atoms with van der Waals surface area (Å²) < 4.78 is 4.77. The molecule has 0 radical (unpaired) electrons. The Morgan fingerprint density at radius 1 is 1.04 bits per heavy atom. The molecule has 2 unspecified atom stereocenters. The van der Waals surface area contributed by atoms with Crippen LogP contribution in [0.3, 0.4) is 0 Å². The zero-order valence-corrected chi connectivity index (χ0v) is 16.4. The number of hydrogen-bond donors (Lipinski definition) is 1. The molecule has 2 saturated carbocycles. The Morgan fingerprint density at radius 3 is 2.33 bits per heavy atom. The quantitative estimate of drug-likeness (QED) is 0.543. The monoisotopic (exact) mass is 372 g/mol. The lowest BCUT2D eigenvalue weighted by molar-refractivity contribution is -0.151. The smallest absolute Gasteiger partial charge is 0.337 e. The standard InChI is InChI=1S/C23H32O4/c1-27-21(24)19-12-10-18(11-13-19)20-9-5-6-14-23(16-20,22(25)26)15-17-7-3-2-4-8-17/h10-13,17,20H,2-9,14-16H2,1H3,(H,25,26). The molecule has 0 saturated heterocycles. The van der Waals surface area contributed by atoms with Crippen molar-refractivity contribution in [3.8, 4) is 0 Å². The fourth-order valence-corrected chi connectivity index (χ4v) is 5.23. The molecule has 0 heterocycles. The molecule has 148 valence electrons. The second-order valence-electron chi connectivity index (χ2n) is 8.55. The van der Waals surface area contributed by atoms with Crippen LogP contribution in [-0.4, -0.2) is 24.2 Å². The van der Waals surface area contributed by atoms with E-state index in [0.717, 1.165) is 44.1 Å². The van der Waals surface area contributed by atoms with Crippen molar-refractivity contribution in [3.05, 3.63) is 35.4 Å². The number of esters is 1. The van der Waals surface area contributed by atoms with Gasteiger partial charge in [0.1, 0.15) is 0 Å². The predicted octanol–water partition coefficient (Wildman–Crippen LogP) is 5.56. The van der Waals surface area contributed by atoms with E-state index in [-0.39, 0.29) is 11.9 Å². The molecule has 2 aliphatic rings. The van der Waals surface area contributed by atoms with Crippen LogP contribution in [0, 0.1) is 11.3 Å². The van der Waals surface area contributed by atoms with Crippen LogP contribution in [0.2, 0.25) is 0 Å². The number of carboxylic acids is 1. The van der Waals surface area contributed by atoms with Gasteiger partial charge in [-0.25, -0.2) is 4.79 Å². The number of carboxylic acid groups (broad SMARTS) is 1. The third kappa shape index (κ3) is 4.72. The summed E-state index contributed by atoms with van der Waals surface area (Å²) in [5, 5.41) is 10.2. The largest absolute Gasteiger partial charge is 0.481 e. The van der Waals surface area contributed by atoms with Gasteiger partial charge >= 0.3 is 11.9 Å².